The van der Waals surface area contributed by atoms with Crippen molar-refractivity contribution in [3.63, 3.8) is 0 Å². The third kappa shape index (κ3) is 4.30. The number of carbonyl (C=O) groups excluding carboxylic acids is 2. The summed E-state index contributed by atoms with van der Waals surface area (Å²) in [4.78, 5) is 28.3. The molecule has 34 heavy (non-hydrogen) atoms. The van der Waals surface area contributed by atoms with Crippen molar-refractivity contribution in [1.29, 1.82) is 0 Å². The van der Waals surface area contributed by atoms with Gasteiger partial charge >= 0.3 is 6.36 Å². The first-order valence-electron chi connectivity index (χ1n) is 10.7. The smallest absolute Gasteiger partial charge is 0.496 e. The first-order chi connectivity index (χ1) is 16.0. The molecule has 1 aromatic carbocycles. The molecule has 184 valence electrons. The van der Waals surface area contributed by atoms with E-state index >= 15 is 0 Å². The number of hydrogen-bond donors (Lipinski definition) is 2. The van der Waals surface area contributed by atoms with Crippen molar-refractivity contribution in [1.82, 2.24) is 15.1 Å². The maximum Gasteiger partial charge on any atom is 0.524 e. The van der Waals surface area contributed by atoms with Crippen molar-refractivity contribution in [2.24, 2.45) is 0 Å². The van der Waals surface area contributed by atoms with Gasteiger partial charge in [-0.1, -0.05) is 18.2 Å². The lowest BCUT2D eigenvalue weighted by atomic mass is 9.83. The van der Waals surface area contributed by atoms with Crippen molar-refractivity contribution in [3.8, 4) is 5.75 Å². The molecule has 4 atom stereocenters. The van der Waals surface area contributed by atoms with E-state index in [1.165, 1.54) is 43.2 Å². The van der Waals surface area contributed by atoms with Gasteiger partial charge in [-0.25, -0.2) is 0 Å². The van der Waals surface area contributed by atoms with Gasteiger partial charge in [0.2, 0.25) is 11.8 Å². The van der Waals surface area contributed by atoms with Crippen molar-refractivity contribution in [2.75, 3.05) is 27.7 Å². The molecule has 0 saturated carbocycles. The summed E-state index contributed by atoms with van der Waals surface area (Å²) < 4.78 is 51.2. The van der Waals surface area contributed by atoms with E-state index < -0.39 is 42.0 Å². The van der Waals surface area contributed by atoms with E-state index in [1.807, 2.05) is 0 Å². The number of amides is 2. The Balaban J connectivity index is 1.78. The Labute approximate surface area is 194 Å². The second kappa shape index (κ2) is 8.71. The van der Waals surface area contributed by atoms with Crippen molar-refractivity contribution in [2.45, 2.75) is 43.0 Å². The quantitative estimate of drug-likeness (QED) is 0.668. The van der Waals surface area contributed by atoms with Crippen LogP contribution < -0.4 is 10.1 Å². The maximum absolute atomic E-state index is 13.7. The third-order valence-corrected chi connectivity index (χ3v) is 6.40. The second-order valence-corrected chi connectivity index (χ2v) is 8.80. The third-order valence-electron chi connectivity index (χ3n) is 6.40. The molecule has 0 radical (unpaired) electrons. The van der Waals surface area contributed by atoms with Crippen LogP contribution in [-0.2, 0) is 14.3 Å². The lowest BCUT2D eigenvalue weighted by Gasteiger charge is -2.44. The highest BCUT2D eigenvalue weighted by Crippen LogP contribution is 2.48. The van der Waals surface area contributed by atoms with E-state index in [4.69, 9.17) is 9.47 Å². The van der Waals surface area contributed by atoms with Crippen LogP contribution in [0.2, 0.25) is 0 Å². The number of hydrogen-bond acceptors (Lipinski definition) is 6. The number of carbonyl (C=O) groups is 2. The lowest BCUT2D eigenvalue weighted by molar-refractivity contribution is -0.381. The molecule has 2 heterocycles. The van der Waals surface area contributed by atoms with Gasteiger partial charge in [-0.05, 0) is 30.2 Å². The minimum absolute atomic E-state index is 0.0349. The number of nitrogens with one attached hydrogen (secondary N) is 1. The van der Waals surface area contributed by atoms with Crippen LogP contribution >= 0.6 is 0 Å². The monoisotopic (exact) mass is 481 g/mol. The highest BCUT2D eigenvalue weighted by atomic mass is 19.4. The summed E-state index contributed by atoms with van der Waals surface area (Å²) in [5, 5.41) is 13.0. The lowest BCUT2D eigenvalue weighted by Crippen LogP contribution is -2.58. The number of halogens is 3. The van der Waals surface area contributed by atoms with Crippen LogP contribution in [0.4, 0.5) is 13.2 Å². The molecule has 1 aliphatic carbocycles. The molecule has 11 heteroatoms. The number of alkyl halides is 3. The molecule has 8 nitrogen and oxygen atoms in total. The fourth-order valence-electron chi connectivity index (χ4n) is 5.01. The average Bonchev–Trinajstić information content (AvgIpc) is 3.31. The number of para-hydroxylation sites is 1. The number of β-amino-alcohol motifs (C(OH)–C–C–N with tert-alkyl or cyclic N) is 1. The molecule has 1 fully saturated rings. The standard InChI is InChI=1S/C23H26F3N3O5/c1-28(2)21(32)17-10-13(30)12-29(17)22(34-23(24,25)26)9-8-16-15(11-22)19(20(31)27-16)14-6-4-5-7-18(14)33-3/h4-9,13,17,19,30H,10-12H2,1-3H3,(H,27,31). The van der Waals surface area contributed by atoms with Gasteiger partial charge in [-0.15, -0.1) is 13.2 Å². The number of aliphatic hydroxyl groups excluding tert-OH is 1. The molecule has 1 aromatic rings. The Hall–Kier alpha value is -2.89. The minimum atomic E-state index is -5.04. The van der Waals surface area contributed by atoms with Gasteiger partial charge in [0, 0.05) is 38.3 Å². The first-order valence-corrected chi connectivity index (χ1v) is 10.7. The molecule has 2 aliphatic heterocycles. The summed E-state index contributed by atoms with van der Waals surface area (Å²) in [5.41, 5.74) is -0.848. The summed E-state index contributed by atoms with van der Waals surface area (Å²) in [7, 11) is 4.44. The Bertz CT molecular complexity index is 1050. The van der Waals surface area contributed by atoms with Crippen molar-refractivity contribution >= 4 is 11.8 Å². The van der Waals surface area contributed by atoms with E-state index in [2.05, 4.69) is 5.32 Å². The number of nitrogens with zero attached hydrogens (tertiary/aromatic N) is 2. The summed E-state index contributed by atoms with van der Waals surface area (Å²) in [6, 6.07) is 5.76. The summed E-state index contributed by atoms with van der Waals surface area (Å²) in [5.74, 6) is -1.32. The van der Waals surface area contributed by atoms with E-state index in [0.717, 1.165) is 0 Å². The molecular weight excluding hydrogens is 455 g/mol. The van der Waals surface area contributed by atoms with Crippen LogP contribution in [0.1, 0.15) is 24.3 Å². The van der Waals surface area contributed by atoms with E-state index in [1.54, 1.807) is 24.3 Å². The molecule has 3 aliphatic rings. The molecule has 2 amide bonds. The zero-order chi connectivity index (χ0) is 24.8. The summed E-state index contributed by atoms with van der Waals surface area (Å²) in [6.07, 6.45) is -3.86. The molecule has 4 rings (SSSR count). The van der Waals surface area contributed by atoms with Crippen LogP contribution in [-0.4, -0.2) is 78.7 Å². The maximum atomic E-state index is 13.7. The molecule has 1 saturated heterocycles. The van der Waals surface area contributed by atoms with Crippen LogP contribution in [0.15, 0.2) is 47.7 Å². The van der Waals surface area contributed by atoms with Crippen molar-refractivity contribution in [3.05, 3.63) is 53.3 Å². The summed E-state index contributed by atoms with van der Waals surface area (Å²) in [6.45, 7) is -0.200. The number of aliphatic hydroxyl groups is 1. The first kappa shape index (κ1) is 24.2. The number of likely N-dealkylation sites (N-methyl/N-ethyl adjacent to an activating group) is 1. The van der Waals surface area contributed by atoms with Gasteiger partial charge in [0.05, 0.1) is 25.2 Å². The average molecular weight is 481 g/mol. The Morgan fingerprint density at radius 3 is 2.65 bits per heavy atom. The molecule has 4 unspecified atom stereocenters. The zero-order valence-corrected chi connectivity index (χ0v) is 18.9. The number of benzene rings is 1. The SMILES string of the molecule is COc1ccccc1C1C(=O)NC2=C1CC(OC(F)(F)F)(N1CC(O)CC1C(=O)N(C)C)C=C2. The van der Waals surface area contributed by atoms with E-state index in [0.29, 0.717) is 22.6 Å². The minimum Gasteiger partial charge on any atom is -0.496 e. The Kier molecular flexibility index (Phi) is 6.21. The van der Waals surface area contributed by atoms with Gasteiger partial charge in [-0.2, -0.15) is 0 Å². The van der Waals surface area contributed by atoms with Gasteiger partial charge < -0.3 is 20.1 Å². The normalized spacial score (nSPS) is 29.3. The van der Waals surface area contributed by atoms with Gasteiger partial charge in [0.15, 0.2) is 5.72 Å². The van der Waals surface area contributed by atoms with Crippen LogP contribution in [0.25, 0.3) is 0 Å². The van der Waals surface area contributed by atoms with E-state index in [9.17, 15) is 27.9 Å². The Morgan fingerprint density at radius 1 is 1.29 bits per heavy atom. The fraction of sp³-hybridized carbons (Fsp3) is 0.478. The van der Waals surface area contributed by atoms with Crippen LogP contribution in [0, 0.1) is 0 Å². The number of rotatable bonds is 5. The van der Waals surface area contributed by atoms with Crippen LogP contribution in [0.3, 0.4) is 0 Å². The Morgan fingerprint density at radius 2 is 2.00 bits per heavy atom. The number of allylic oxidation sites excluding steroid dienone is 1. The molecule has 0 bridgehead atoms. The predicted molar refractivity (Wildman–Crippen MR) is 114 cm³/mol. The highest BCUT2D eigenvalue weighted by molar-refractivity contribution is 5.93. The molecule has 0 aromatic heterocycles. The second-order valence-electron chi connectivity index (χ2n) is 8.80. The van der Waals surface area contributed by atoms with Crippen LogP contribution in [0.5, 0.6) is 5.75 Å². The number of ether oxygens (including phenoxy) is 2. The summed E-state index contributed by atoms with van der Waals surface area (Å²) >= 11 is 0. The fourth-order valence-corrected chi connectivity index (χ4v) is 5.01. The molecule has 2 N–H and O–H groups in total. The van der Waals surface area contributed by atoms with Gasteiger partial charge in [0.25, 0.3) is 0 Å². The van der Waals surface area contributed by atoms with Crippen molar-refractivity contribution < 1.29 is 37.3 Å². The van der Waals surface area contributed by atoms with Gasteiger partial charge in [-0.3, -0.25) is 19.2 Å². The number of methoxy groups -OCH3 is 1. The topological polar surface area (TPSA) is 91.3 Å². The highest BCUT2D eigenvalue weighted by Gasteiger charge is 2.56. The predicted octanol–water partition coefficient (Wildman–Crippen LogP) is 1.88. The zero-order valence-electron chi connectivity index (χ0n) is 18.9. The largest absolute Gasteiger partial charge is 0.524 e. The molecular formula is C23H26F3N3O5. The van der Waals surface area contributed by atoms with E-state index in [-0.39, 0.29) is 19.4 Å². The molecule has 0 spiro atoms. The van der Waals surface area contributed by atoms with Gasteiger partial charge in [0.1, 0.15) is 5.75 Å². The number of likely N-dealkylation sites (tertiary alicyclic amines) is 1.